The Morgan fingerprint density at radius 3 is 2.90 bits per heavy atom. The molecule has 10 heavy (non-hydrogen) atoms. The second kappa shape index (κ2) is 3.27. The van der Waals surface area contributed by atoms with Crippen LogP contribution in [-0.4, -0.2) is 6.54 Å². The molecule has 0 bridgehead atoms. The molecule has 0 aliphatic heterocycles. The summed E-state index contributed by atoms with van der Waals surface area (Å²) in [6, 6.07) is 3.75. The summed E-state index contributed by atoms with van der Waals surface area (Å²) in [7, 11) is 0. The van der Waals surface area contributed by atoms with E-state index in [1.165, 1.54) is 0 Å². The van der Waals surface area contributed by atoms with Crippen LogP contribution >= 0.6 is 0 Å². The minimum Gasteiger partial charge on any atom is -0.444 e. The van der Waals surface area contributed by atoms with Gasteiger partial charge in [0.25, 0.3) is 0 Å². The van der Waals surface area contributed by atoms with Gasteiger partial charge >= 0.3 is 0 Å². The predicted molar refractivity (Wildman–Crippen MR) is 40.8 cm³/mol. The van der Waals surface area contributed by atoms with Crippen molar-refractivity contribution in [3.63, 3.8) is 0 Å². The van der Waals surface area contributed by atoms with Crippen molar-refractivity contribution in [3.05, 3.63) is 17.9 Å². The van der Waals surface area contributed by atoms with Crippen LogP contribution in [0.15, 0.2) is 16.5 Å². The summed E-state index contributed by atoms with van der Waals surface area (Å²) in [5, 5.41) is 3.04. The first-order valence-electron chi connectivity index (χ1n) is 3.39. The van der Waals surface area contributed by atoms with Gasteiger partial charge < -0.3 is 15.5 Å². The lowest BCUT2D eigenvalue weighted by molar-refractivity contribution is 0.524. The number of rotatable bonds is 3. The van der Waals surface area contributed by atoms with Gasteiger partial charge in [0.05, 0.1) is 6.54 Å². The van der Waals surface area contributed by atoms with Crippen molar-refractivity contribution >= 4 is 5.88 Å². The fraction of sp³-hybridized carbons (Fsp3) is 0.429. The predicted octanol–water partition coefficient (Wildman–Crippen LogP) is 1.17. The molecule has 56 valence electrons. The zero-order valence-corrected chi connectivity index (χ0v) is 6.05. The van der Waals surface area contributed by atoms with Gasteiger partial charge in [0.2, 0.25) is 0 Å². The second-order valence-corrected chi connectivity index (χ2v) is 2.00. The Morgan fingerprint density at radius 1 is 1.60 bits per heavy atom. The van der Waals surface area contributed by atoms with E-state index in [0.717, 1.165) is 18.2 Å². The highest BCUT2D eigenvalue weighted by atomic mass is 16.4. The maximum Gasteiger partial charge on any atom is 0.193 e. The third-order valence-corrected chi connectivity index (χ3v) is 1.21. The maximum atomic E-state index is 5.34. The first-order chi connectivity index (χ1) is 4.86. The molecule has 0 aliphatic carbocycles. The number of hydrogen-bond donors (Lipinski definition) is 2. The van der Waals surface area contributed by atoms with E-state index >= 15 is 0 Å². The Labute approximate surface area is 60.2 Å². The van der Waals surface area contributed by atoms with E-state index in [1.807, 2.05) is 19.1 Å². The number of anilines is 1. The Morgan fingerprint density at radius 2 is 2.40 bits per heavy atom. The fourth-order valence-electron chi connectivity index (χ4n) is 0.757. The molecule has 1 rings (SSSR count). The van der Waals surface area contributed by atoms with Gasteiger partial charge in [-0.2, -0.15) is 0 Å². The molecule has 0 spiro atoms. The first-order valence-corrected chi connectivity index (χ1v) is 3.39. The van der Waals surface area contributed by atoms with Crippen molar-refractivity contribution in [3.8, 4) is 0 Å². The summed E-state index contributed by atoms with van der Waals surface area (Å²) in [5.74, 6) is 1.61. The van der Waals surface area contributed by atoms with Crippen LogP contribution in [0.5, 0.6) is 0 Å². The average molecular weight is 140 g/mol. The standard InChI is InChI=1S/C7H12N2O/c1-2-9-7-4-3-6(5-8)10-7/h3-4,9H,2,5,8H2,1H3. The molecule has 1 heterocycles. The summed E-state index contributed by atoms with van der Waals surface area (Å²) < 4.78 is 5.24. The van der Waals surface area contributed by atoms with Crippen LogP contribution in [0.1, 0.15) is 12.7 Å². The van der Waals surface area contributed by atoms with E-state index in [9.17, 15) is 0 Å². The van der Waals surface area contributed by atoms with E-state index < -0.39 is 0 Å². The second-order valence-electron chi connectivity index (χ2n) is 2.00. The smallest absolute Gasteiger partial charge is 0.193 e. The average Bonchev–Trinajstić information content (AvgIpc) is 2.37. The molecule has 0 unspecified atom stereocenters. The van der Waals surface area contributed by atoms with Crippen molar-refractivity contribution in [2.45, 2.75) is 13.5 Å². The maximum absolute atomic E-state index is 5.34. The van der Waals surface area contributed by atoms with E-state index in [2.05, 4.69) is 5.32 Å². The Kier molecular flexibility index (Phi) is 2.34. The molecular weight excluding hydrogens is 128 g/mol. The number of nitrogens with one attached hydrogen (secondary N) is 1. The van der Waals surface area contributed by atoms with E-state index in [1.54, 1.807) is 0 Å². The van der Waals surface area contributed by atoms with Crippen LogP contribution in [0, 0.1) is 0 Å². The lowest BCUT2D eigenvalue weighted by Gasteiger charge is -1.94. The van der Waals surface area contributed by atoms with E-state index in [4.69, 9.17) is 10.2 Å². The third kappa shape index (κ3) is 1.51. The van der Waals surface area contributed by atoms with Crippen molar-refractivity contribution in [1.82, 2.24) is 0 Å². The minimum absolute atomic E-state index is 0.464. The highest BCUT2D eigenvalue weighted by Crippen LogP contribution is 2.11. The van der Waals surface area contributed by atoms with Crippen LogP contribution in [0.25, 0.3) is 0 Å². The highest BCUT2D eigenvalue weighted by molar-refractivity contribution is 5.31. The lowest BCUT2D eigenvalue weighted by Crippen LogP contribution is -1.95. The van der Waals surface area contributed by atoms with Crippen molar-refractivity contribution in [2.75, 3.05) is 11.9 Å². The van der Waals surface area contributed by atoms with Crippen molar-refractivity contribution in [2.24, 2.45) is 5.73 Å². The highest BCUT2D eigenvalue weighted by Gasteiger charge is 1.96. The van der Waals surface area contributed by atoms with Gasteiger partial charge in [-0.15, -0.1) is 0 Å². The number of hydrogen-bond acceptors (Lipinski definition) is 3. The monoisotopic (exact) mass is 140 g/mol. The van der Waals surface area contributed by atoms with Crippen LogP contribution < -0.4 is 11.1 Å². The molecule has 0 amide bonds. The molecule has 0 fully saturated rings. The van der Waals surface area contributed by atoms with Crippen molar-refractivity contribution < 1.29 is 4.42 Å². The van der Waals surface area contributed by atoms with E-state index in [0.29, 0.717) is 6.54 Å². The molecular formula is C7H12N2O. The largest absolute Gasteiger partial charge is 0.444 e. The number of furan rings is 1. The Hall–Kier alpha value is -0.960. The van der Waals surface area contributed by atoms with Crippen molar-refractivity contribution in [1.29, 1.82) is 0 Å². The molecule has 0 radical (unpaired) electrons. The molecule has 3 nitrogen and oxygen atoms in total. The van der Waals surface area contributed by atoms with Crippen LogP contribution in [-0.2, 0) is 6.54 Å². The summed E-state index contributed by atoms with van der Waals surface area (Å²) >= 11 is 0. The first kappa shape index (κ1) is 7.15. The summed E-state index contributed by atoms with van der Waals surface area (Å²) in [6.07, 6.45) is 0. The normalized spacial score (nSPS) is 9.80. The summed E-state index contributed by atoms with van der Waals surface area (Å²) in [5.41, 5.74) is 5.34. The van der Waals surface area contributed by atoms with E-state index in [-0.39, 0.29) is 0 Å². The molecule has 1 aromatic heterocycles. The molecule has 0 saturated heterocycles. The fourth-order valence-corrected chi connectivity index (χ4v) is 0.757. The zero-order valence-electron chi connectivity index (χ0n) is 6.05. The molecule has 3 N–H and O–H groups in total. The van der Waals surface area contributed by atoms with Gasteiger partial charge in [0.15, 0.2) is 5.88 Å². The SMILES string of the molecule is CCNc1ccc(CN)o1. The van der Waals surface area contributed by atoms with Gasteiger partial charge in [-0.3, -0.25) is 0 Å². The summed E-state index contributed by atoms with van der Waals surface area (Å²) in [6.45, 7) is 3.35. The molecule has 0 aromatic carbocycles. The lowest BCUT2D eigenvalue weighted by atomic mass is 10.4. The Bertz CT molecular complexity index is 195. The molecule has 3 heteroatoms. The van der Waals surface area contributed by atoms with Gasteiger partial charge in [0, 0.05) is 12.6 Å². The quantitative estimate of drug-likeness (QED) is 0.662. The van der Waals surface area contributed by atoms with Crippen LogP contribution in [0.4, 0.5) is 5.88 Å². The minimum atomic E-state index is 0.464. The number of nitrogens with two attached hydrogens (primary N) is 1. The molecule has 0 aliphatic rings. The van der Waals surface area contributed by atoms with Gasteiger partial charge in [-0.1, -0.05) is 0 Å². The van der Waals surface area contributed by atoms with Crippen LogP contribution in [0.3, 0.4) is 0 Å². The van der Waals surface area contributed by atoms with Gasteiger partial charge in [-0.05, 0) is 13.0 Å². The molecule has 0 atom stereocenters. The topological polar surface area (TPSA) is 51.2 Å². The third-order valence-electron chi connectivity index (χ3n) is 1.21. The van der Waals surface area contributed by atoms with Gasteiger partial charge in [-0.25, -0.2) is 0 Å². The van der Waals surface area contributed by atoms with Crippen LogP contribution in [0.2, 0.25) is 0 Å². The van der Waals surface area contributed by atoms with Gasteiger partial charge in [0.1, 0.15) is 5.76 Å². The Balaban J connectivity index is 2.59. The molecule has 1 aromatic rings. The summed E-state index contributed by atoms with van der Waals surface area (Å²) in [4.78, 5) is 0. The molecule has 0 saturated carbocycles. The zero-order chi connectivity index (χ0) is 7.40.